The molecule has 1 aliphatic rings. The highest BCUT2D eigenvalue weighted by Gasteiger charge is 2.20. The first-order chi connectivity index (χ1) is 10.5. The molecule has 0 saturated heterocycles. The summed E-state index contributed by atoms with van der Waals surface area (Å²) in [6.07, 6.45) is 5.21. The van der Waals surface area contributed by atoms with Gasteiger partial charge in [0.2, 0.25) is 0 Å². The Hall–Kier alpha value is -1.91. The van der Waals surface area contributed by atoms with Crippen molar-refractivity contribution < 1.29 is 18.7 Å². The number of nitrogens with one attached hydrogen (secondary N) is 1. The van der Waals surface area contributed by atoms with Crippen LogP contribution in [0, 0.1) is 11.7 Å². The lowest BCUT2D eigenvalue weighted by Crippen LogP contribution is -2.30. The number of hydrogen-bond acceptors (Lipinski definition) is 3. The fourth-order valence-electron chi connectivity index (χ4n) is 2.71. The summed E-state index contributed by atoms with van der Waals surface area (Å²) < 4.78 is 17.9. The van der Waals surface area contributed by atoms with Gasteiger partial charge in [-0.05, 0) is 43.5 Å². The zero-order valence-electron chi connectivity index (χ0n) is 12.8. The minimum Gasteiger partial charge on any atom is -0.453 e. The molecule has 22 heavy (non-hydrogen) atoms. The van der Waals surface area contributed by atoms with Gasteiger partial charge in [0.1, 0.15) is 5.82 Å². The van der Waals surface area contributed by atoms with Gasteiger partial charge in [-0.2, -0.15) is 0 Å². The topological polar surface area (TPSA) is 55.4 Å². The van der Waals surface area contributed by atoms with Crippen molar-refractivity contribution in [3.05, 3.63) is 30.1 Å². The van der Waals surface area contributed by atoms with Crippen LogP contribution < -0.4 is 5.32 Å². The molecule has 1 aliphatic carbocycles. The highest BCUT2D eigenvalue weighted by atomic mass is 19.1. The molecule has 2 rings (SSSR count). The van der Waals surface area contributed by atoms with E-state index < -0.39 is 12.0 Å². The smallest absolute Gasteiger partial charge is 0.306 e. The second kappa shape index (κ2) is 7.92. The molecule has 1 saturated carbocycles. The zero-order valence-corrected chi connectivity index (χ0v) is 12.8. The number of carbonyl (C=O) groups is 2. The summed E-state index contributed by atoms with van der Waals surface area (Å²) in [4.78, 5) is 23.7. The van der Waals surface area contributed by atoms with Crippen LogP contribution in [0.5, 0.6) is 0 Å². The minimum absolute atomic E-state index is 0.339. The number of benzene rings is 1. The summed E-state index contributed by atoms with van der Waals surface area (Å²) in [6, 6.07) is 5.44. The van der Waals surface area contributed by atoms with Crippen molar-refractivity contribution in [3.8, 4) is 0 Å². The molecule has 0 aliphatic heterocycles. The van der Waals surface area contributed by atoms with E-state index in [1.807, 2.05) is 0 Å². The van der Waals surface area contributed by atoms with E-state index in [0.29, 0.717) is 18.0 Å². The number of ether oxygens (including phenoxy) is 1. The minimum atomic E-state index is -0.860. The van der Waals surface area contributed by atoms with Crippen LogP contribution in [0.1, 0.15) is 45.4 Å². The van der Waals surface area contributed by atoms with Crippen LogP contribution in [-0.2, 0) is 14.3 Å². The molecular formula is C17H22FNO3. The Bertz CT molecular complexity index is 509. The van der Waals surface area contributed by atoms with Gasteiger partial charge in [0, 0.05) is 12.1 Å². The predicted octanol–water partition coefficient (Wildman–Crippen LogP) is 3.67. The fourth-order valence-corrected chi connectivity index (χ4v) is 2.71. The third kappa shape index (κ3) is 5.13. The summed E-state index contributed by atoms with van der Waals surface area (Å²) in [5.41, 5.74) is 0.472. The van der Waals surface area contributed by atoms with Crippen LogP contribution in [-0.4, -0.2) is 18.0 Å². The molecule has 1 fully saturated rings. The molecule has 0 aromatic heterocycles. The maximum Gasteiger partial charge on any atom is 0.306 e. The van der Waals surface area contributed by atoms with Gasteiger partial charge in [-0.15, -0.1) is 0 Å². The fraction of sp³-hybridized carbons (Fsp3) is 0.529. The average molecular weight is 307 g/mol. The summed E-state index contributed by atoms with van der Waals surface area (Å²) in [5, 5.41) is 2.59. The quantitative estimate of drug-likeness (QED) is 0.816. The Morgan fingerprint density at radius 1 is 1.27 bits per heavy atom. The van der Waals surface area contributed by atoms with Gasteiger partial charge in [0.15, 0.2) is 6.10 Å². The summed E-state index contributed by atoms with van der Waals surface area (Å²) in [7, 11) is 0. The number of carbonyl (C=O) groups excluding carboxylic acids is 2. The van der Waals surface area contributed by atoms with Crippen molar-refractivity contribution in [1.82, 2.24) is 0 Å². The standard InChI is InChI=1S/C17H22FNO3/c1-12(17(21)19-15-9-7-14(18)8-10-15)22-16(20)11-6-13-4-2-3-5-13/h7-10,12-13H,2-6,11H2,1H3,(H,19,21)/t12-/m1/s1. The lowest BCUT2D eigenvalue weighted by atomic mass is 10.0. The van der Waals surface area contributed by atoms with E-state index in [4.69, 9.17) is 4.74 Å². The zero-order chi connectivity index (χ0) is 15.9. The maximum atomic E-state index is 12.8. The number of rotatable bonds is 6. The Morgan fingerprint density at radius 2 is 1.91 bits per heavy atom. The molecule has 1 amide bonds. The molecule has 0 unspecified atom stereocenters. The number of anilines is 1. The van der Waals surface area contributed by atoms with E-state index in [1.54, 1.807) is 0 Å². The van der Waals surface area contributed by atoms with Gasteiger partial charge >= 0.3 is 5.97 Å². The predicted molar refractivity (Wildman–Crippen MR) is 81.8 cm³/mol. The first-order valence-corrected chi connectivity index (χ1v) is 7.80. The molecule has 0 radical (unpaired) electrons. The molecule has 1 aromatic carbocycles. The van der Waals surface area contributed by atoms with Gasteiger partial charge < -0.3 is 10.1 Å². The number of esters is 1. The highest BCUT2D eigenvalue weighted by molar-refractivity contribution is 5.95. The van der Waals surface area contributed by atoms with Gasteiger partial charge in [0.25, 0.3) is 5.91 Å². The van der Waals surface area contributed by atoms with Gasteiger partial charge in [-0.3, -0.25) is 9.59 Å². The van der Waals surface area contributed by atoms with E-state index in [1.165, 1.54) is 56.9 Å². The van der Waals surface area contributed by atoms with Crippen LogP contribution in [0.4, 0.5) is 10.1 Å². The van der Waals surface area contributed by atoms with Crippen LogP contribution >= 0.6 is 0 Å². The van der Waals surface area contributed by atoms with Crippen LogP contribution in [0.2, 0.25) is 0 Å². The molecule has 120 valence electrons. The normalized spacial score (nSPS) is 16.3. The van der Waals surface area contributed by atoms with Crippen molar-refractivity contribution in [1.29, 1.82) is 0 Å². The van der Waals surface area contributed by atoms with Crippen LogP contribution in [0.15, 0.2) is 24.3 Å². The second-order valence-corrected chi connectivity index (χ2v) is 5.82. The summed E-state index contributed by atoms with van der Waals surface area (Å²) in [5.74, 6) is -0.505. The largest absolute Gasteiger partial charge is 0.453 e. The third-order valence-electron chi connectivity index (χ3n) is 4.02. The van der Waals surface area contributed by atoms with Crippen LogP contribution in [0.3, 0.4) is 0 Å². The Labute approximate surface area is 130 Å². The van der Waals surface area contributed by atoms with E-state index in [2.05, 4.69) is 5.32 Å². The molecule has 4 nitrogen and oxygen atoms in total. The molecule has 1 atom stereocenters. The summed E-state index contributed by atoms with van der Waals surface area (Å²) >= 11 is 0. The Kier molecular flexibility index (Phi) is 5.92. The Morgan fingerprint density at radius 3 is 2.55 bits per heavy atom. The molecule has 1 aromatic rings. The average Bonchev–Trinajstić information content (AvgIpc) is 3.01. The lowest BCUT2D eigenvalue weighted by Gasteiger charge is -2.14. The molecular weight excluding hydrogens is 285 g/mol. The molecule has 0 bridgehead atoms. The first-order valence-electron chi connectivity index (χ1n) is 7.80. The maximum absolute atomic E-state index is 12.8. The van der Waals surface area contributed by atoms with Crippen molar-refractivity contribution in [2.24, 2.45) is 5.92 Å². The number of hydrogen-bond donors (Lipinski definition) is 1. The molecule has 5 heteroatoms. The molecule has 0 heterocycles. The van der Waals surface area contributed by atoms with Gasteiger partial charge in [-0.1, -0.05) is 25.7 Å². The van der Waals surface area contributed by atoms with Gasteiger partial charge in [-0.25, -0.2) is 4.39 Å². The van der Waals surface area contributed by atoms with Gasteiger partial charge in [0.05, 0.1) is 0 Å². The summed E-state index contributed by atoms with van der Waals surface area (Å²) in [6.45, 7) is 1.53. The number of amides is 1. The van der Waals surface area contributed by atoms with Crippen molar-refractivity contribution in [2.45, 2.75) is 51.6 Å². The second-order valence-electron chi connectivity index (χ2n) is 5.82. The van der Waals surface area contributed by atoms with E-state index in [-0.39, 0.29) is 11.8 Å². The lowest BCUT2D eigenvalue weighted by molar-refractivity contribution is -0.153. The van der Waals surface area contributed by atoms with Crippen molar-refractivity contribution >= 4 is 17.6 Å². The monoisotopic (exact) mass is 307 g/mol. The Balaban J connectivity index is 1.72. The van der Waals surface area contributed by atoms with Crippen molar-refractivity contribution in [3.63, 3.8) is 0 Å². The third-order valence-corrected chi connectivity index (χ3v) is 4.02. The highest BCUT2D eigenvalue weighted by Crippen LogP contribution is 2.28. The number of halogens is 1. The molecule has 0 spiro atoms. The van der Waals surface area contributed by atoms with E-state index >= 15 is 0 Å². The van der Waals surface area contributed by atoms with Crippen molar-refractivity contribution in [2.75, 3.05) is 5.32 Å². The van der Waals surface area contributed by atoms with E-state index in [9.17, 15) is 14.0 Å². The van der Waals surface area contributed by atoms with E-state index in [0.717, 1.165) is 6.42 Å². The van der Waals surface area contributed by atoms with Crippen LogP contribution in [0.25, 0.3) is 0 Å². The first kappa shape index (κ1) is 16.5. The SMILES string of the molecule is C[C@@H](OC(=O)CCC1CCCC1)C(=O)Nc1ccc(F)cc1. The molecule has 1 N–H and O–H groups in total.